The molecule has 68 valence electrons. The van der Waals surface area contributed by atoms with E-state index in [0.717, 1.165) is 11.1 Å². The Balaban J connectivity index is 2.90. The Morgan fingerprint density at radius 3 is 2.38 bits per heavy atom. The highest BCUT2D eigenvalue weighted by Crippen LogP contribution is 2.14. The first-order chi connectivity index (χ1) is 6.15. The Morgan fingerprint density at radius 1 is 1.38 bits per heavy atom. The summed E-state index contributed by atoms with van der Waals surface area (Å²) in [5, 5.41) is 0. The van der Waals surface area contributed by atoms with Gasteiger partial charge in [0.15, 0.2) is 0 Å². The van der Waals surface area contributed by atoms with E-state index in [4.69, 9.17) is 0 Å². The minimum absolute atomic E-state index is 0.315. The highest BCUT2D eigenvalue weighted by Gasteiger charge is 2.08. The van der Waals surface area contributed by atoms with Gasteiger partial charge >= 0.3 is 5.97 Å². The summed E-state index contributed by atoms with van der Waals surface area (Å²) in [5.74, 6) is -0.521. The number of hydrogen-bond acceptors (Lipinski definition) is 3. The fourth-order valence-electron chi connectivity index (χ4n) is 0.928. The Labute approximate surface area is 82.8 Å². The van der Waals surface area contributed by atoms with Crippen LogP contribution >= 0.6 is 12.9 Å². The van der Waals surface area contributed by atoms with Crippen LogP contribution in [0.4, 0.5) is 0 Å². The van der Waals surface area contributed by atoms with Crippen LogP contribution in [0.3, 0.4) is 0 Å². The van der Waals surface area contributed by atoms with Gasteiger partial charge < -0.3 is 4.18 Å². The van der Waals surface area contributed by atoms with Gasteiger partial charge in [-0.05, 0) is 12.5 Å². The van der Waals surface area contributed by atoms with E-state index in [1.807, 2.05) is 31.2 Å². The predicted molar refractivity (Wildman–Crippen MR) is 55.3 cm³/mol. The van der Waals surface area contributed by atoms with E-state index in [9.17, 15) is 4.79 Å². The lowest BCUT2D eigenvalue weighted by Gasteiger charge is -2.02. The quantitative estimate of drug-likeness (QED) is 0.444. The molecule has 0 unspecified atom stereocenters. The van der Waals surface area contributed by atoms with Gasteiger partial charge in [-0.1, -0.05) is 36.4 Å². The number of thiol groups is 1. The molecule has 0 aliphatic carbocycles. The first kappa shape index (κ1) is 9.86. The molecule has 0 aromatic heterocycles. The Kier molecular flexibility index (Phi) is 3.14. The second-order valence-corrected chi connectivity index (χ2v) is 2.91. The van der Waals surface area contributed by atoms with Crippen molar-refractivity contribution in [1.29, 1.82) is 0 Å². The molecule has 0 saturated heterocycles. The van der Waals surface area contributed by atoms with E-state index in [-0.39, 0.29) is 0 Å². The van der Waals surface area contributed by atoms with E-state index < -0.39 is 5.97 Å². The lowest BCUT2D eigenvalue weighted by atomic mass is 10.1. The number of carbonyl (C=O) groups excluding carboxylic acids is 1. The van der Waals surface area contributed by atoms with Crippen molar-refractivity contribution in [3.63, 3.8) is 0 Å². The molecular weight excluding hydrogens is 184 g/mol. The number of hydrogen-bond donors (Lipinski definition) is 1. The van der Waals surface area contributed by atoms with Crippen molar-refractivity contribution in [2.75, 3.05) is 0 Å². The standard InChI is InChI=1S/C10H10O2S/c1-7-3-5-9(6-4-7)8(2)10(11)12-13/h3-6,13H,2H2,1H3. The van der Waals surface area contributed by atoms with Crippen LogP contribution in [0.25, 0.3) is 5.57 Å². The average Bonchev–Trinajstić information content (AvgIpc) is 2.17. The molecule has 0 aliphatic heterocycles. The third-order valence-corrected chi connectivity index (χ3v) is 1.90. The molecule has 2 nitrogen and oxygen atoms in total. The fraction of sp³-hybridized carbons (Fsp3) is 0.100. The molecule has 1 rings (SSSR count). The summed E-state index contributed by atoms with van der Waals surface area (Å²) in [7, 11) is 0. The normalized spacial score (nSPS) is 9.38. The third kappa shape index (κ3) is 2.36. The van der Waals surface area contributed by atoms with E-state index in [1.165, 1.54) is 0 Å². The monoisotopic (exact) mass is 194 g/mol. The van der Waals surface area contributed by atoms with Gasteiger partial charge in [0.2, 0.25) is 0 Å². The Bertz CT molecular complexity index is 327. The minimum Gasteiger partial charge on any atom is -0.391 e. The number of aryl methyl sites for hydroxylation is 1. The molecule has 0 N–H and O–H groups in total. The Morgan fingerprint density at radius 2 is 1.92 bits per heavy atom. The van der Waals surface area contributed by atoms with Gasteiger partial charge in [0.25, 0.3) is 0 Å². The lowest BCUT2D eigenvalue weighted by molar-refractivity contribution is -0.126. The van der Waals surface area contributed by atoms with Gasteiger partial charge in [0.05, 0.1) is 5.57 Å². The van der Waals surface area contributed by atoms with E-state index in [1.54, 1.807) is 0 Å². The van der Waals surface area contributed by atoms with Crippen LogP contribution in [0.2, 0.25) is 0 Å². The van der Waals surface area contributed by atoms with Gasteiger partial charge in [-0.3, -0.25) is 0 Å². The van der Waals surface area contributed by atoms with Crippen LogP contribution in [0.1, 0.15) is 11.1 Å². The molecule has 1 aromatic rings. The number of rotatable bonds is 2. The van der Waals surface area contributed by atoms with Crippen LogP contribution in [0.5, 0.6) is 0 Å². The van der Waals surface area contributed by atoms with E-state index in [0.29, 0.717) is 5.57 Å². The molecule has 0 atom stereocenters. The summed E-state index contributed by atoms with van der Waals surface area (Å²) in [6.07, 6.45) is 0. The van der Waals surface area contributed by atoms with Crippen LogP contribution in [0, 0.1) is 6.92 Å². The number of benzene rings is 1. The average molecular weight is 194 g/mol. The zero-order valence-electron chi connectivity index (χ0n) is 7.28. The summed E-state index contributed by atoms with van der Waals surface area (Å²) in [5.41, 5.74) is 2.20. The van der Waals surface area contributed by atoms with Gasteiger partial charge in [-0.15, -0.1) is 0 Å². The van der Waals surface area contributed by atoms with Crippen LogP contribution in [-0.4, -0.2) is 5.97 Å². The lowest BCUT2D eigenvalue weighted by Crippen LogP contribution is -1.99. The topological polar surface area (TPSA) is 26.3 Å². The smallest absolute Gasteiger partial charge is 0.349 e. The third-order valence-electron chi connectivity index (χ3n) is 1.73. The van der Waals surface area contributed by atoms with Gasteiger partial charge in [-0.2, -0.15) is 0 Å². The molecule has 0 heterocycles. The Hall–Kier alpha value is -1.22. The van der Waals surface area contributed by atoms with Crippen LogP contribution in [0.15, 0.2) is 30.8 Å². The zero-order valence-corrected chi connectivity index (χ0v) is 8.17. The largest absolute Gasteiger partial charge is 0.391 e. The molecule has 1 aromatic carbocycles. The van der Waals surface area contributed by atoms with Gasteiger partial charge in [0.1, 0.15) is 0 Å². The van der Waals surface area contributed by atoms with E-state index >= 15 is 0 Å². The second kappa shape index (κ2) is 4.14. The highest BCUT2D eigenvalue weighted by molar-refractivity contribution is 7.75. The first-order valence-corrected chi connectivity index (χ1v) is 4.13. The summed E-state index contributed by atoms with van der Waals surface area (Å²) in [6.45, 7) is 5.58. The van der Waals surface area contributed by atoms with Crippen molar-refractivity contribution in [2.24, 2.45) is 0 Å². The molecular formula is C10H10O2S. The summed E-state index contributed by atoms with van der Waals surface area (Å²) < 4.78 is 4.25. The molecule has 3 heteroatoms. The first-order valence-electron chi connectivity index (χ1n) is 3.77. The molecule has 13 heavy (non-hydrogen) atoms. The molecule has 0 radical (unpaired) electrons. The van der Waals surface area contributed by atoms with Crippen LogP contribution < -0.4 is 0 Å². The SMILES string of the molecule is C=C(C(=O)OS)c1ccc(C)cc1. The second-order valence-electron chi connectivity index (χ2n) is 2.72. The van der Waals surface area contributed by atoms with E-state index in [2.05, 4.69) is 23.7 Å². The van der Waals surface area contributed by atoms with Crippen molar-refractivity contribution in [1.82, 2.24) is 0 Å². The van der Waals surface area contributed by atoms with Crippen molar-refractivity contribution in [3.8, 4) is 0 Å². The fourth-order valence-corrected chi connectivity index (χ4v) is 1.04. The van der Waals surface area contributed by atoms with Crippen LogP contribution in [-0.2, 0) is 8.98 Å². The maximum Gasteiger partial charge on any atom is 0.349 e. The molecule has 0 aliphatic rings. The molecule has 0 fully saturated rings. The maximum absolute atomic E-state index is 11.0. The predicted octanol–water partition coefficient (Wildman–Crippen LogP) is 2.40. The summed E-state index contributed by atoms with van der Waals surface area (Å²) in [6, 6.07) is 7.46. The maximum atomic E-state index is 11.0. The van der Waals surface area contributed by atoms with Gasteiger partial charge in [-0.25, -0.2) is 4.79 Å². The number of carbonyl (C=O) groups is 1. The molecule has 0 amide bonds. The zero-order chi connectivity index (χ0) is 9.84. The highest BCUT2D eigenvalue weighted by atomic mass is 32.1. The summed E-state index contributed by atoms with van der Waals surface area (Å²) >= 11 is 3.42. The summed E-state index contributed by atoms with van der Waals surface area (Å²) in [4.78, 5) is 11.0. The van der Waals surface area contributed by atoms with Gasteiger partial charge in [0, 0.05) is 12.9 Å². The van der Waals surface area contributed by atoms with Crippen molar-refractivity contribution >= 4 is 24.5 Å². The van der Waals surface area contributed by atoms with Crippen molar-refractivity contribution in [3.05, 3.63) is 42.0 Å². The molecule has 0 saturated carbocycles. The molecule has 0 bridgehead atoms. The van der Waals surface area contributed by atoms with Crippen molar-refractivity contribution < 1.29 is 8.98 Å². The van der Waals surface area contributed by atoms with Crippen molar-refractivity contribution in [2.45, 2.75) is 6.92 Å². The minimum atomic E-state index is -0.521. The molecule has 0 spiro atoms.